The van der Waals surface area contributed by atoms with E-state index in [0.29, 0.717) is 33.5 Å². The Kier molecular flexibility index (Phi) is 8.54. The van der Waals surface area contributed by atoms with Gasteiger partial charge in [-0.05, 0) is 36.8 Å². The lowest BCUT2D eigenvalue weighted by Gasteiger charge is -2.40. The first-order valence-corrected chi connectivity index (χ1v) is 12.5. The molecule has 8 nitrogen and oxygen atoms in total. The fourth-order valence-electron chi connectivity index (χ4n) is 4.66. The number of aliphatic hydroxyl groups is 2. The minimum absolute atomic E-state index is 0.0690. The minimum Gasteiger partial charge on any atom is -0.486 e. The van der Waals surface area contributed by atoms with E-state index in [9.17, 15) is 19.8 Å². The first-order chi connectivity index (χ1) is 17.3. The molecule has 0 aromatic heterocycles. The van der Waals surface area contributed by atoms with Gasteiger partial charge in [-0.1, -0.05) is 47.5 Å². The number of carbonyl (C=O) groups excluding carboxylic acids is 2. The molecule has 10 heteroatoms. The number of fused-ring (bicyclic) bond motifs is 3. The second kappa shape index (κ2) is 11.6. The third-order valence-electron chi connectivity index (χ3n) is 6.32. The smallest absolute Gasteiger partial charge is 0.249 e. The van der Waals surface area contributed by atoms with Crippen LogP contribution in [0.2, 0.25) is 10.0 Å². The van der Waals surface area contributed by atoms with Crippen molar-refractivity contribution in [1.82, 2.24) is 10.2 Å². The van der Waals surface area contributed by atoms with Gasteiger partial charge in [-0.3, -0.25) is 9.59 Å². The van der Waals surface area contributed by atoms with Gasteiger partial charge in [0.2, 0.25) is 11.8 Å². The third kappa shape index (κ3) is 5.38. The summed E-state index contributed by atoms with van der Waals surface area (Å²) in [6.45, 7) is 1.87. The average Bonchev–Trinajstić information content (AvgIpc) is 3.27. The quantitative estimate of drug-likeness (QED) is 0.456. The van der Waals surface area contributed by atoms with E-state index in [1.165, 1.54) is 4.90 Å². The maximum atomic E-state index is 13.3. The van der Waals surface area contributed by atoms with Gasteiger partial charge in [-0.25, -0.2) is 0 Å². The van der Waals surface area contributed by atoms with E-state index in [2.05, 4.69) is 5.32 Å². The zero-order chi connectivity index (χ0) is 25.8. The van der Waals surface area contributed by atoms with Crippen molar-refractivity contribution >= 4 is 35.0 Å². The number of nitrogens with zero attached hydrogens (tertiary/aromatic N) is 1. The number of para-hydroxylation sites is 1. The highest BCUT2D eigenvalue weighted by atomic mass is 35.5. The number of rotatable bonds is 9. The molecule has 2 aromatic carbocycles. The summed E-state index contributed by atoms with van der Waals surface area (Å²) < 4.78 is 11.5. The zero-order valence-corrected chi connectivity index (χ0v) is 21.2. The van der Waals surface area contributed by atoms with Crippen molar-refractivity contribution in [3.05, 3.63) is 75.3 Å². The summed E-state index contributed by atoms with van der Waals surface area (Å²) in [6.07, 6.45) is -0.306. The molecule has 2 amide bonds. The van der Waals surface area contributed by atoms with E-state index in [-0.39, 0.29) is 32.2 Å². The van der Waals surface area contributed by atoms with Gasteiger partial charge in [0.25, 0.3) is 0 Å². The summed E-state index contributed by atoms with van der Waals surface area (Å²) in [4.78, 5) is 27.9. The van der Waals surface area contributed by atoms with Gasteiger partial charge < -0.3 is 29.9 Å². The molecule has 0 fully saturated rings. The highest BCUT2D eigenvalue weighted by Crippen LogP contribution is 2.47. The van der Waals surface area contributed by atoms with E-state index in [4.69, 9.17) is 32.7 Å². The Balaban J connectivity index is 1.75. The van der Waals surface area contributed by atoms with Crippen molar-refractivity contribution in [1.29, 1.82) is 0 Å². The molecule has 0 spiro atoms. The first-order valence-electron chi connectivity index (χ1n) is 11.7. The summed E-state index contributed by atoms with van der Waals surface area (Å²) in [5, 5.41) is 24.1. The lowest BCUT2D eigenvalue weighted by Crippen LogP contribution is -2.56. The first kappa shape index (κ1) is 26.4. The van der Waals surface area contributed by atoms with Gasteiger partial charge >= 0.3 is 0 Å². The molecule has 4 unspecified atom stereocenters. The van der Waals surface area contributed by atoms with E-state index in [1.807, 2.05) is 18.2 Å². The van der Waals surface area contributed by atoms with Crippen LogP contribution < -0.4 is 10.1 Å². The monoisotopic (exact) mass is 534 g/mol. The number of halogens is 2. The van der Waals surface area contributed by atoms with Crippen molar-refractivity contribution in [3.8, 4) is 5.75 Å². The van der Waals surface area contributed by atoms with Gasteiger partial charge in [-0.15, -0.1) is 0 Å². The van der Waals surface area contributed by atoms with E-state index in [0.717, 1.165) is 5.56 Å². The Bertz CT molecular complexity index is 1160. The van der Waals surface area contributed by atoms with Crippen LogP contribution >= 0.6 is 23.2 Å². The largest absolute Gasteiger partial charge is 0.486 e. The fourth-order valence-corrected chi connectivity index (χ4v) is 4.98. The number of aliphatic hydroxyl groups excluding tert-OH is 2. The second-order valence-electron chi connectivity index (χ2n) is 8.59. The molecule has 0 saturated carbocycles. The predicted octanol–water partition coefficient (Wildman–Crippen LogP) is 2.68. The zero-order valence-electron chi connectivity index (χ0n) is 19.7. The third-order valence-corrected chi connectivity index (χ3v) is 7.06. The highest BCUT2D eigenvalue weighted by molar-refractivity contribution is 6.42. The van der Waals surface area contributed by atoms with Crippen molar-refractivity contribution in [3.63, 3.8) is 0 Å². The molecule has 4 atom stereocenters. The molecule has 4 rings (SSSR count). The Labute approximate surface area is 219 Å². The molecule has 0 radical (unpaired) electrons. The number of benzene rings is 2. The van der Waals surface area contributed by atoms with Crippen LogP contribution in [0.15, 0.2) is 54.1 Å². The number of amides is 2. The minimum atomic E-state index is -1.13. The van der Waals surface area contributed by atoms with Gasteiger partial charge in [0, 0.05) is 30.8 Å². The van der Waals surface area contributed by atoms with Crippen LogP contribution in [0.1, 0.15) is 24.0 Å². The van der Waals surface area contributed by atoms with Crippen LogP contribution in [0.25, 0.3) is 0 Å². The fraction of sp³-hybridized carbons (Fsp3) is 0.385. The topological polar surface area (TPSA) is 108 Å². The normalized spacial score (nSPS) is 22.2. The molecule has 1 aliphatic heterocycles. The van der Waals surface area contributed by atoms with Crippen LogP contribution in [0, 0.1) is 0 Å². The molecule has 1 aliphatic carbocycles. The lowest BCUT2D eigenvalue weighted by molar-refractivity contribution is -0.142. The predicted molar refractivity (Wildman–Crippen MR) is 135 cm³/mol. The number of hydrogen-bond donors (Lipinski definition) is 3. The van der Waals surface area contributed by atoms with Gasteiger partial charge in [0.1, 0.15) is 24.6 Å². The Morgan fingerprint density at radius 2 is 1.94 bits per heavy atom. The maximum absolute atomic E-state index is 13.3. The molecule has 192 valence electrons. The number of hydrogen-bond acceptors (Lipinski definition) is 6. The van der Waals surface area contributed by atoms with Gasteiger partial charge in [0.15, 0.2) is 0 Å². The standard InChI is InChI=1S/C26H28Cl2N2O6/c1-2-35-14-22(32)30(13-15-7-8-18(27)19(28)11-15)20-12-17(26(34)29-9-10-31)23-16-5-3-4-6-21(16)36-25(23)24(20)33/h3-8,11-12,20,23-25,31,33H,2,9-10,13-14H2,1H3,(H,29,34). The number of nitrogens with one attached hydrogen (secondary N) is 1. The summed E-state index contributed by atoms with van der Waals surface area (Å²) in [5.41, 5.74) is 1.83. The number of ether oxygens (including phenoxy) is 2. The Morgan fingerprint density at radius 1 is 1.17 bits per heavy atom. The van der Waals surface area contributed by atoms with Gasteiger partial charge in [0.05, 0.1) is 28.6 Å². The van der Waals surface area contributed by atoms with Crippen LogP contribution in [0.4, 0.5) is 0 Å². The van der Waals surface area contributed by atoms with Crippen molar-refractivity contribution in [2.24, 2.45) is 0 Å². The molecule has 0 bridgehead atoms. The highest BCUT2D eigenvalue weighted by Gasteiger charge is 2.50. The van der Waals surface area contributed by atoms with E-state index < -0.39 is 30.1 Å². The van der Waals surface area contributed by atoms with Crippen LogP contribution in [0.3, 0.4) is 0 Å². The summed E-state index contributed by atoms with van der Waals surface area (Å²) in [7, 11) is 0. The SMILES string of the molecule is CCOCC(=O)N(Cc1ccc(Cl)c(Cl)c1)C1C=C(C(=O)NCCO)C2c3ccccc3OC2C1O. The van der Waals surface area contributed by atoms with E-state index >= 15 is 0 Å². The molecule has 2 aliphatic rings. The van der Waals surface area contributed by atoms with Crippen LogP contribution in [-0.4, -0.2) is 71.5 Å². The van der Waals surface area contributed by atoms with Crippen molar-refractivity contribution in [2.45, 2.75) is 37.6 Å². The lowest BCUT2D eigenvalue weighted by atomic mass is 9.77. The molecule has 36 heavy (non-hydrogen) atoms. The van der Waals surface area contributed by atoms with E-state index in [1.54, 1.807) is 37.3 Å². The van der Waals surface area contributed by atoms with Crippen molar-refractivity contribution < 1.29 is 29.3 Å². The molecule has 3 N–H and O–H groups in total. The second-order valence-corrected chi connectivity index (χ2v) is 9.40. The number of carbonyl (C=O) groups is 2. The summed E-state index contributed by atoms with van der Waals surface area (Å²) >= 11 is 12.3. The van der Waals surface area contributed by atoms with Crippen LogP contribution in [0.5, 0.6) is 5.75 Å². The van der Waals surface area contributed by atoms with Gasteiger partial charge in [-0.2, -0.15) is 0 Å². The molecule has 0 saturated heterocycles. The molecule has 2 aromatic rings. The van der Waals surface area contributed by atoms with Crippen LogP contribution in [-0.2, 0) is 20.9 Å². The summed E-state index contributed by atoms with van der Waals surface area (Å²) in [5.74, 6) is -0.722. The maximum Gasteiger partial charge on any atom is 0.249 e. The Morgan fingerprint density at radius 3 is 2.67 bits per heavy atom. The summed E-state index contributed by atoms with van der Waals surface area (Å²) in [6, 6.07) is 11.4. The molecular formula is C26H28Cl2N2O6. The average molecular weight is 535 g/mol. The molecular weight excluding hydrogens is 507 g/mol. The Hall–Kier alpha value is -2.62. The molecule has 1 heterocycles. The van der Waals surface area contributed by atoms with Crippen molar-refractivity contribution in [2.75, 3.05) is 26.4 Å².